The highest BCUT2D eigenvalue weighted by atomic mass is 32.2. The van der Waals surface area contributed by atoms with E-state index in [-0.39, 0.29) is 0 Å². The van der Waals surface area contributed by atoms with Crippen LogP contribution in [0.1, 0.15) is 17.3 Å². The molecule has 23 heavy (non-hydrogen) atoms. The highest BCUT2D eigenvalue weighted by molar-refractivity contribution is 7.89. The van der Waals surface area contributed by atoms with Gasteiger partial charge < -0.3 is 9.84 Å². The van der Waals surface area contributed by atoms with Crippen molar-refractivity contribution in [1.29, 1.82) is 0 Å². The smallest absolute Gasteiger partial charge is 0.339 e. The lowest BCUT2D eigenvalue weighted by Gasteiger charge is -2.22. The number of benzene rings is 1. The molecule has 0 amide bonds. The molecule has 1 unspecified atom stereocenters. The van der Waals surface area contributed by atoms with Gasteiger partial charge in [0.2, 0.25) is 10.0 Å². The number of carboxylic acid groups (broad SMARTS) is 1. The second kappa shape index (κ2) is 6.71. The number of carbonyl (C=O) groups excluding carboxylic acids is 1. The number of aliphatic carboxylic acids is 1. The summed E-state index contributed by atoms with van der Waals surface area (Å²) in [5, 5.41) is 19.8. The number of methoxy groups -OCH3 is 1. The number of nitro groups is 1. The van der Waals surface area contributed by atoms with Crippen LogP contribution in [0.15, 0.2) is 23.1 Å². The number of likely N-dealkylation sites (N-methyl/N-ethyl adjacent to an activating group) is 1. The van der Waals surface area contributed by atoms with Gasteiger partial charge in [-0.2, -0.15) is 4.31 Å². The third-order valence-electron chi connectivity index (χ3n) is 3.14. The maximum absolute atomic E-state index is 12.5. The minimum atomic E-state index is -4.48. The molecule has 0 bridgehead atoms. The van der Waals surface area contributed by atoms with E-state index in [4.69, 9.17) is 5.11 Å². The average molecular weight is 346 g/mol. The number of nitro benzene ring substituents is 1. The van der Waals surface area contributed by atoms with E-state index in [2.05, 4.69) is 4.74 Å². The molecular formula is C12H14N2O8S. The molecule has 0 aliphatic rings. The zero-order valence-electron chi connectivity index (χ0n) is 12.4. The quantitative estimate of drug-likeness (QED) is 0.445. The number of nitrogens with zero attached hydrogens (tertiary/aromatic N) is 2. The van der Waals surface area contributed by atoms with Crippen LogP contribution < -0.4 is 0 Å². The Morgan fingerprint density at radius 1 is 1.39 bits per heavy atom. The van der Waals surface area contributed by atoms with Crippen molar-refractivity contribution in [3.05, 3.63) is 33.9 Å². The van der Waals surface area contributed by atoms with E-state index in [1.165, 1.54) is 0 Å². The van der Waals surface area contributed by atoms with Gasteiger partial charge in [0.05, 0.1) is 17.6 Å². The van der Waals surface area contributed by atoms with Crippen molar-refractivity contribution in [3.63, 3.8) is 0 Å². The fraction of sp³-hybridized carbons (Fsp3) is 0.333. The Kier molecular flexibility index (Phi) is 5.40. The van der Waals surface area contributed by atoms with Gasteiger partial charge in [-0.05, 0) is 13.0 Å². The Morgan fingerprint density at radius 2 is 1.96 bits per heavy atom. The van der Waals surface area contributed by atoms with Crippen molar-refractivity contribution in [2.75, 3.05) is 14.2 Å². The van der Waals surface area contributed by atoms with Crippen LogP contribution in [0.2, 0.25) is 0 Å². The number of carboxylic acids is 1. The molecule has 10 nitrogen and oxygen atoms in total. The first kappa shape index (κ1) is 18.5. The third kappa shape index (κ3) is 3.63. The van der Waals surface area contributed by atoms with Crippen molar-refractivity contribution < 1.29 is 32.8 Å². The molecule has 0 saturated carbocycles. The molecule has 0 radical (unpaired) electrons. The van der Waals surface area contributed by atoms with E-state index in [1.807, 2.05) is 0 Å². The standard InChI is InChI=1S/C12H14N2O8S/c1-7(11(15)16)13(2)23(20,21)10-6-8(14(18)19)4-5-9(10)12(17)22-3/h4-7H,1-3H3,(H,15,16). The Bertz CT molecular complexity index is 758. The molecule has 0 aliphatic heterocycles. The van der Waals surface area contributed by atoms with Crippen LogP contribution in [-0.2, 0) is 19.6 Å². The van der Waals surface area contributed by atoms with Gasteiger partial charge in [0.15, 0.2) is 0 Å². The number of hydrogen-bond donors (Lipinski definition) is 1. The molecule has 0 aliphatic carbocycles. The van der Waals surface area contributed by atoms with Crippen LogP contribution in [0.3, 0.4) is 0 Å². The highest BCUT2D eigenvalue weighted by Gasteiger charge is 2.34. The summed E-state index contributed by atoms with van der Waals surface area (Å²) in [4.78, 5) is 32.0. The van der Waals surface area contributed by atoms with Gasteiger partial charge in [0.1, 0.15) is 10.9 Å². The van der Waals surface area contributed by atoms with E-state index in [1.54, 1.807) is 0 Å². The molecule has 0 heterocycles. The van der Waals surface area contributed by atoms with Crippen LogP contribution in [-0.4, -0.2) is 54.9 Å². The van der Waals surface area contributed by atoms with Gasteiger partial charge in [-0.25, -0.2) is 13.2 Å². The molecule has 0 fully saturated rings. The van der Waals surface area contributed by atoms with E-state index in [0.717, 1.165) is 33.2 Å². The summed E-state index contributed by atoms with van der Waals surface area (Å²) in [5.41, 5.74) is -0.991. The van der Waals surface area contributed by atoms with Gasteiger partial charge in [-0.15, -0.1) is 0 Å². The molecule has 0 saturated heterocycles. The van der Waals surface area contributed by atoms with Crippen molar-refractivity contribution in [2.45, 2.75) is 17.9 Å². The Labute approximate surface area is 131 Å². The Morgan fingerprint density at radius 3 is 2.39 bits per heavy atom. The number of esters is 1. The summed E-state index contributed by atoms with van der Waals surface area (Å²) < 4.78 is 30.0. The van der Waals surface area contributed by atoms with Crippen LogP contribution in [0.25, 0.3) is 0 Å². The number of non-ortho nitro benzene ring substituents is 1. The van der Waals surface area contributed by atoms with E-state index in [0.29, 0.717) is 10.4 Å². The molecule has 0 spiro atoms. The van der Waals surface area contributed by atoms with Crippen LogP contribution in [0.4, 0.5) is 5.69 Å². The summed E-state index contributed by atoms with van der Waals surface area (Å²) in [6.45, 7) is 1.12. The van der Waals surface area contributed by atoms with Crippen molar-refractivity contribution in [2.24, 2.45) is 0 Å². The molecule has 126 valence electrons. The topological polar surface area (TPSA) is 144 Å². The van der Waals surface area contributed by atoms with Gasteiger partial charge in [0, 0.05) is 19.2 Å². The molecule has 1 aromatic rings. The average Bonchev–Trinajstić information content (AvgIpc) is 2.51. The zero-order valence-corrected chi connectivity index (χ0v) is 13.2. The Hall–Kier alpha value is -2.53. The summed E-state index contributed by atoms with van der Waals surface area (Å²) in [5.74, 6) is -2.43. The Balaban J connectivity index is 3.59. The molecule has 1 aromatic carbocycles. The van der Waals surface area contributed by atoms with Gasteiger partial charge in [-0.1, -0.05) is 0 Å². The second-order valence-electron chi connectivity index (χ2n) is 4.46. The SMILES string of the molecule is COC(=O)c1ccc([N+](=O)[O-])cc1S(=O)(=O)N(C)C(C)C(=O)O. The van der Waals surface area contributed by atoms with Gasteiger partial charge in [-0.3, -0.25) is 14.9 Å². The number of rotatable bonds is 6. The monoisotopic (exact) mass is 346 g/mol. The first-order chi connectivity index (χ1) is 10.5. The highest BCUT2D eigenvalue weighted by Crippen LogP contribution is 2.26. The first-order valence-electron chi connectivity index (χ1n) is 6.11. The summed E-state index contributed by atoms with van der Waals surface area (Å²) in [6, 6.07) is 1.14. The van der Waals surface area contributed by atoms with Crippen molar-refractivity contribution in [3.8, 4) is 0 Å². The minimum Gasteiger partial charge on any atom is -0.480 e. The van der Waals surface area contributed by atoms with E-state index >= 15 is 0 Å². The number of ether oxygens (including phenoxy) is 1. The number of carbonyl (C=O) groups is 2. The largest absolute Gasteiger partial charge is 0.480 e. The predicted molar refractivity (Wildman–Crippen MR) is 76.5 cm³/mol. The van der Waals surface area contributed by atoms with Crippen molar-refractivity contribution >= 4 is 27.6 Å². The molecule has 1 N–H and O–H groups in total. The first-order valence-corrected chi connectivity index (χ1v) is 7.55. The predicted octanol–water partition coefficient (Wildman–Crippen LogP) is 0.475. The fourth-order valence-electron chi connectivity index (χ4n) is 1.64. The molecule has 1 rings (SSSR count). The van der Waals surface area contributed by atoms with Gasteiger partial charge >= 0.3 is 11.9 Å². The van der Waals surface area contributed by atoms with E-state index in [9.17, 15) is 28.1 Å². The maximum Gasteiger partial charge on any atom is 0.339 e. The molecule has 1 atom stereocenters. The normalized spacial score (nSPS) is 12.7. The number of sulfonamides is 1. The summed E-state index contributed by atoms with van der Waals surface area (Å²) in [6.07, 6.45) is 0. The van der Waals surface area contributed by atoms with Crippen molar-refractivity contribution in [1.82, 2.24) is 4.31 Å². The molecular weight excluding hydrogens is 332 g/mol. The maximum atomic E-state index is 12.5. The van der Waals surface area contributed by atoms with Crippen LogP contribution in [0.5, 0.6) is 0 Å². The zero-order chi connectivity index (χ0) is 17.9. The minimum absolute atomic E-state index is 0.428. The summed E-state index contributed by atoms with van der Waals surface area (Å²) in [7, 11) is -2.47. The lowest BCUT2D eigenvalue weighted by atomic mass is 10.2. The third-order valence-corrected chi connectivity index (χ3v) is 5.11. The second-order valence-corrected chi connectivity index (χ2v) is 6.43. The fourth-order valence-corrected chi connectivity index (χ4v) is 3.15. The van der Waals surface area contributed by atoms with Crippen LogP contribution in [0, 0.1) is 10.1 Å². The summed E-state index contributed by atoms with van der Waals surface area (Å²) >= 11 is 0. The molecule has 0 aromatic heterocycles. The lowest BCUT2D eigenvalue weighted by Crippen LogP contribution is -2.40. The van der Waals surface area contributed by atoms with E-state index < -0.39 is 49.1 Å². The van der Waals surface area contributed by atoms with Crippen LogP contribution >= 0.6 is 0 Å². The lowest BCUT2D eigenvalue weighted by molar-refractivity contribution is -0.385. The number of hydrogen-bond acceptors (Lipinski definition) is 7. The van der Waals surface area contributed by atoms with Gasteiger partial charge in [0.25, 0.3) is 5.69 Å². The molecule has 11 heteroatoms.